The highest BCUT2D eigenvalue weighted by Crippen LogP contribution is 2.25. The van der Waals surface area contributed by atoms with Crippen LogP contribution in [0, 0.1) is 5.92 Å². The van der Waals surface area contributed by atoms with E-state index in [0.717, 1.165) is 16.2 Å². The van der Waals surface area contributed by atoms with Crippen LogP contribution in [0.2, 0.25) is 0 Å². The largest absolute Gasteiger partial charge is 0.350 e. The minimum Gasteiger partial charge on any atom is -0.350 e. The molecular formula is C9H12BrN3S. The Labute approximate surface area is 96.2 Å². The van der Waals surface area contributed by atoms with E-state index in [-0.39, 0.29) is 0 Å². The molecule has 1 aliphatic heterocycles. The van der Waals surface area contributed by atoms with Gasteiger partial charge in [0, 0.05) is 24.2 Å². The van der Waals surface area contributed by atoms with Gasteiger partial charge in [-0.1, -0.05) is 6.92 Å². The van der Waals surface area contributed by atoms with Crippen LogP contribution in [0.25, 0.3) is 0 Å². The van der Waals surface area contributed by atoms with Gasteiger partial charge in [-0.15, -0.1) is 0 Å². The van der Waals surface area contributed by atoms with Gasteiger partial charge in [0.05, 0.1) is 4.47 Å². The van der Waals surface area contributed by atoms with Crippen molar-refractivity contribution in [2.45, 2.75) is 13.0 Å². The highest BCUT2D eigenvalue weighted by atomic mass is 79.9. The van der Waals surface area contributed by atoms with Crippen molar-refractivity contribution < 1.29 is 0 Å². The number of halogens is 1. The van der Waals surface area contributed by atoms with Crippen molar-refractivity contribution >= 4 is 33.6 Å². The molecule has 3 nitrogen and oxygen atoms in total. The van der Waals surface area contributed by atoms with Crippen molar-refractivity contribution in [1.82, 2.24) is 9.97 Å². The Morgan fingerprint density at radius 3 is 2.71 bits per heavy atom. The van der Waals surface area contributed by atoms with E-state index in [1.807, 2.05) is 11.8 Å². The lowest BCUT2D eigenvalue weighted by molar-refractivity contribution is 0.595. The van der Waals surface area contributed by atoms with Crippen LogP contribution in [0.4, 0.5) is 5.95 Å². The highest BCUT2D eigenvalue weighted by molar-refractivity contribution is 9.10. The Kier molecular flexibility index (Phi) is 3.28. The molecule has 0 amide bonds. The Bertz CT molecular complexity index is 303. The predicted molar refractivity (Wildman–Crippen MR) is 63.6 cm³/mol. The lowest BCUT2D eigenvalue weighted by atomic mass is 10.1. The van der Waals surface area contributed by atoms with Crippen LogP contribution in [-0.4, -0.2) is 27.5 Å². The molecule has 1 N–H and O–H groups in total. The molecule has 0 radical (unpaired) electrons. The van der Waals surface area contributed by atoms with E-state index in [1.54, 1.807) is 12.4 Å². The minimum atomic E-state index is 0.515. The Morgan fingerprint density at radius 2 is 2.14 bits per heavy atom. The maximum atomic E-state index is 4.20. The SMILES string of the molecule is CC1CSCC1Nc1ncc(Br)cn1. The van der Waals surface area contributed by atoms with Crippen LogP contribution in [0.1, 0.15) is 6.92 Å². The number of nitrogens with one attached hydrogen (secondary N) is 1. The molecule has 76 valence electrons. The summed E-state index contributed by atoms with van der Waals surface area (Å²) in [4.78, 5) is 8.40. The van der Waals surface area contributed by atoms with Gasteiger partial charge in [0.1, 0.15) is 0 Å². The Balaban J connectivity index is 2.00. The third-order valence-corrected chi connectivity index (χ3v) is 4.07. The monoisotopic (exact) mass is 273 g/mol. The number of anilines is 1. The number of nitrogens with zero attached hydrogens (tertiary/aromatic N) is 2. The van der Waals surface area contributed by atoms with Gasteiger partial charge < -0.3 is 5.32 Å². The molecule has 0 aromatic carbocycles. The fraction of sp³-hybridized carbons (Fsp3) is 0.556. The summed E-state index contributed by atoms with van der Waals surface area (Å²) in [5.74, 6) is 3.81. The van der Waals surface area contributed by atoms with Gasteiger partial charge in [0.15, 0.2) is 0 Å². The van der Waals surface area contributed by atoms with Gasteiger partial charge in [0.2, 0.25) is 5.95 Å². The van der Waals surface area contributed by atoms with Crippen LogP contribution in [-0.2, 0) is 0 Å². The summed E-state index contributed by atoms with van der Waals surface area (Å²) < 4.78 is 0.914. The summed E-state index contributed by atoms with van der Waals surface area (Å²) in [6.45, 7) is 2.26. The van der Waals surface area contributed by atoms with Crippen molar-refractivity contribution in [2.24, 2.45) is 5.92 Å². The second-order valence-corrected chi connectivity index (χ2v) is 5.48. The summed E-state index contributed by atoms with van der Waals surface area (Å²) in [7, 11) is 0. The molecule has 14 heavy (non-hydrogen) atoms. The molecule has 2 rings (SSSR count). The average Bonchev–Trinajstić information content (AvgIpc) is 2.56. The first-order valence-electron chi connectivity index (χ1n) is 4.57. The van der Waals surface area contributed by atoms with Crippen LogP contribution in [0.5, 0.6) is 0 Å². The molecule has 1 aromatic heterocycles. The molecule has 1 aliphatic rings. The van der Waals surface area contributed by atoms with Crippen molar-refractivity contribution in [3.8, 4) is 0 Å². The van der Waals surface area contributed by atoms with E-state index >= 15 is 0 Å². The summed E-state index contributed by atoms with van der Waals surface area (Å²) in [5, 5.41) is 3.35. The second-order valence-electron chi connectivity index (χ2n) is 3.49. The van der Waals surface area contributed by atoms with Gasteiger partial charge in [-0.05, 0) is 27.6 Å². The first-order valence-corrected chi connectivity index (χ1v) is 6.52. The quantitative estimate of drug-likeness (QED) is 0.898. The summed E-state index contributed by atoms with van der Waals surface area (Å²) in [6.07, 6.45) is 3.53. The molecule has 5 heteroatoms. The zero-order valence-corrected chi connectivity index (χ0v) is 10.3. The normalized spacial score (nSPS) is 26.4. The number of hydrogen-bond acceptors (Lipinski definition) is 4. The molecule has 0 bridgehead atoms. The molecule has 0 saturated carbocycles. The summed E-state index contributed by atoms with van der Waals surface area (Å²) >= 11 is 5.30. The minimum absolute atomic E-state index is 0.515. The van der Waals surface area contributed by atoms with Crippen molar-refractivity contribution in [2.75, 3.05) is 16.8 Å². The zero-order valence-electron chi connectivity index (χ0n) is 7.90. The third-order valence-electron chi connectivity index (χ3n) is 2.30. The topological polar surface area (TPSA) is 37.8 Å². The van der Waals surface area contributed by atoms with E-state index in [0.29, 0.717) is 12.0 Å². The van der Waals surface area contributed by atoms with E-state index in [4.69, 9.17) is 0 Å². The van der Waals surface area contributed by atoms with E-state index in [2.05, 4.69) is 38.1 Å². The van der Waals surface area contributed by atoms with Crippen molar-refractivity contribution in [1.29, 1.82) is 0 Å². The van der Waals surface area contributed by atoms with Gasteiger partial charge >= 0.3 is 0 Å². The van der Waals surface area contributed by atoms with E-state index in [1.165, 1.54) is 5.75 Å². The lowest BCUT2D eigenvalue weighted by Gasteiger charge is -2.15. The van der Waals surface area contributed by atoms with Gasteiger partial charge in [-0.25, -0.2) is 9.97 Å². The van der Waals surface area contributed by atoms with Gasteiger partial charge in [-0.2, -0.15) is 11.8 Å². The lowest BCUT2D eigenvalue weighted by Crippen LogP contribution is -2.26. The highest BCUT2D eigenvalue weighted by Gasteiger charge is 2.24. The summed E-state index contributed by atoms with van der Waals surface area (Å²) in [5.41, 5.74) is 0. The number of rotatable bonds is 2. The molecule has 2 heterocycles. The second kappa shape index (κ2) is 4.49. The molecule has 1 saturated heterocycles. The molecule has 0 spiro atoms. The Morgan fingerprint density at radius 1 is 1.43 bits per heavy atom. The molecule has 0 aliphatic carbocycles. The number of aromatic nitrogens is 2. The van der Waals surface area contributed by atoms with Gasteiger partial charge in [-0.3, -0.25) is 0 Å². The number of thioether (sulfide) groups is 1. The van der Waals surface area contributed by atoms with Crippen molar-refractivity contribution in [3.63, 3.8) is 0 Å². The third kappa shape index (κ3) is 2.39. The van der Waals surface area contributed by atoms with E-state index in [9.17, 15) is 0 Å². The van der Waals surface area contributed by atoms with Gasteiger partial charge in [0.25, 0.3) is 0 Å². The molecule has 2 atom stereocenters. The maximum Gasteiger partial charge on any atom is 0.222 e. The first-order chi connectivity index (χ1) is 6.75. The van der Waals surface area contributed by atoms with Crippen LogP contribution in [0.3, 0.4) is 0 Å². The molecule has 2 unspecified atom stereocenters. The average molecular weight is 274 g/mol. The zero-order chi connectivity index (χ0) is 9.97. The van der Waals surface area contributed by atoms with Crippen LogP contribution in [0.15, 0.2) is 16.9 Å². The summed E-state index contributed by atoms with van der Waals surface area (Å²) in [6, 6.07) is 0.515. The maximum absolute atomic E-state index is 4.20. The van der Waals surface area contributed by atoms with Crippen LogP contribution < -0.4 is 5.32 Å². The van der Waals surface area contributed by atoms with E-state index < -0.39 is 0 Å². The fourth-order valence-corrected chi connectivity index (χ4v) is 3.01. The number of hydrogen-bond donors (Lipinski definition) is 1. The molecule has 1 aromatic rings. The molecular weight excluding hydrogens is 262 g/mol. The standard InChI is InChI=1S/C9H12BrN3S/c1-6-4-14-5-8(6)13-9-11-2-7(10)3-12-9/h2-3,6,8H,4-5H2,1H3,(H,11,12,13). The fourth-order valence-electron chi connectivity index (χ4n) is 1.40. The first kappa shape index (κ1) is 10.2. The molecule has 1 fully saturated rings. The Hall–Kier alpha value is -0.290. The predicted octanol–water partition coefficient (Wildman–Crippen LogP) is 2.40. The van der Waals surface area contributed by atoms with Crippen LogP contribution >= 0.6 is 27.7 Å². The smallest absolute Gasteiger partial charge is 0.222 e. The van der Waals surface area contributed by atoms with Crippen molar-refractivity contribution in [3.05, 3.63) is 16.9 Å².